The van der Waals surface area contributed by atoms with Crippen molar-refractivity contribution in [2.24, 2.45) is 0 Å². The average molecular weight is 437 g/mol. The molecule has 6 nitrogen and oxygen atoms in total. The molecular formula is C24H29ClN6. The summed E-state index contributed by atoms with van der Waals surface area (Å²) in [4.78, 5) is 5.06. The van der Waals surface area contributed by atoms with E-state index >= 15 is 0 Å². The van der Waals surface area contributed by atoms with Crippen molar-refractivity contribution in [1.29, 1.82) is 0 Å². The van der Waals surface area contributed by atoms with Crippen molar-refractivity contribution in [2.45, 2.75) is 44.3 Å². The normalized spacial score (nSPS) is 19.6. The van der Waals surface area contributed by atoms with Gasteiger partial charge >= 0.3 is 0 Å². The molecule has 2 fully saturated rings. The van der Waals surface area contributed by atoms with Gasteiger partial charge in [-0.2, -0.15) is 0 Å². The number of benzene rings is 2. The highest BCUT2D eigenvalue weighted by Gasteiger charge is 2.33. The van der Waals surface area contributed by atoms with Gasteiger partial charge in [0.25, 0.3) is 0 Å². The van der Waals surface area contributed by atoms with Gasteiger partial charge in [0.15, 0.2) is 5.82 Å². The first-order chi connectivity index (χ1) is 15.3. The lowest BCUT2D eigenvalue weighted by Crippen LogP contribution is -2.48. The Balaban J connectivity index is 1.37. The zero-order valence-corrected chi connectivity index (χ0v) is 18.5. The van der Waals surface area contributed by atoms with E-state index in [1.807, 2.05) is 12.1 Å². The number of hydrogen-bond donors (Lipinski definition) is 0. The van der Waals surface area contributed by atoms with Crippen molar-refractivity contribution < 1.29 is 0 Å². The van der Waals surface area contributed by atoms with Crippen LogP contribution in [0.2, 0.25) is 5.02 Å². The van der Waals surface area contributed by atoms with Crippen LogP contribution in [-0.4, -0.2) is 56.2 Å². The second-order valence-electron chi connectivity index (χ2n) is 8.67. The SMILES string of the molecule is Clc1ccc([C@@H](c2nnnn2C2CCCC2)N2CCN(Cc3ccccc3)CC2)cc1. The fraction of sp³-hybridized carbons (Fsp3) is 0.458. The summed E-state index contributed by atoms with van der Waals surface area (Å²) in [5.41, 5.74) is 2.57. The highest BCUT2D eigenvalue weighted by molar-refractivity contribution is 6.30. The van der Waals surface area contributed by atoms with Gasteiger partial charge in [-0.15, -0.1) is 5.10 Å². The van der Waals surface area contributed by atoms with E-state index in [0.29, 0.717) is 6.04 Å². The molecule has 1 atom stereocenters. The molecule has 2 aromatic carbocycles. The molecule has 1 aromatic heterocycles. The summed E-state index contributed by atoms with van der Waals surface area (Å²) >= 11 is 6.19. The van der Waals surface area contributed by atoms with E-state index in [0.717, 1.165) is 56.4 Å². The standard InChI is InChI=1S/C24H29ClN6/c25-21-12-10-20(11-13-21)23(24-26-27-28-31(24)22-8-4-5-9-22)30-16-14-29(15-17-30)18-19-6-2-1-3-7-19/h1-3,6-7,10-13,22-23H,4-5,8-9,14-18H2/t23-/m0/s1. The van der Waals surface area contributed by atoms with Crippen LogP contribution in [0, 0.1) is 0 Å². The number of tetrazole rings is 1. The Hall–Kier alpha value is -2.28. The zero-order chi connectivity index (χ0) is 21.0. The number of aromatic nitrogens is 4. The maximum absolute atomic E-state index is 6.19. The van der Waals surface area contributed by atoms with Gasteiger partial charge in [-0.1, -0.05) is 66.9 Å². The Bertz CT molecular complexity index is 959. The van der Waals surface area contributed by atoms with E-state index in [2.05, 4.69) is 72.5 Å². The van der Waals surface area contributed by atoms with Crippen LogP contribution in [0.4, 0.5) is 0 Å². The van der Waals surface area contributed by atoms with Gasteiger partial charge in [-0.05, 0) is 46.5 Å². The molecular weight excluding hydrogens is 408 g/mol. The highest BCUT2D eigenvalue weighted by Crippen LogP contribution is 2.34. The van der Waals surface area contributed by atoms with E-state index in [-0.39, 0.29) is 6.04 Å². The molecule has 31 heavy (non-hydrogen) atoms. The predicted molar refractivity (Wildman–Crippen MR) is 122 cm³/mol. The number of rotatable bonds is 6. The molecule has 1 saturated carbocycles. The number of nitrogens with zero attached hydrogens (tertiary/aromatic N) is 6. The number of halogens is 1. The van der Waals surface area contributed by atoms with E-state index in [1.54, 1.807) is 0 Å². The van der Waals surface area contributed by atoms with Crippen LogP contribution in [0.25, 0.3) is 0 Å². The summed E-state index contributed by atoms with van der Waals surface area (Å²) in [6.07, 6.45) is 4.84. The molecule has 2 heterocycles. The lowest BCUT2D eigenvalue weighted by molar-refractivity contribution is 0.0993. The van der Waals surface area contributed by atoms with Crippen molar-refractivity contribution in [3.8, 4) is 0 Å². The third-order valence-corrected chi connectivity index (χ3v) is 6.89. The Morgan fingerprint density at radius 3 is 2.32 bits per heavy atom. The van der Waals surface area contributed by atoms with E-state index in [1.165, 1.54) is 24.0 Å². The lowest BCUT2D eigenvalue weighted by atomic mass is 10.0. The zero-order valence-electron chi connectivity index (χ0n) is 17.8. The van der Waals surface area contributed by atoms with Crippen LogP contribution >= 0.6 is 11.6 Å². The predicted octanol–water partition coefficient (Wildman–Crippen LogP) is 4.35. The van der Waals surface area contributed by atoms with Crippen molar-refractivity contribution >= 4 is 11.6 Å². The van der Waals surface area contributed by atoms with Gasteiger partial charge in [-0.3, -0.25) is 9.80 Å². The molecule has 3 aromatic rings. The van der Waals surface area contributed by atoms with Gasteiger partial charge in [0, 0.05) is 37.7 Å². The maximum Gasteiger partial charge on any atom is 0.173 e. The second kappa shape index (κ2) is 9.47. The first-order valence-electron chi connectivity index (χ1n) is 11.3. The molecule has 0 unspecified atom stereocenters. The lowest BCUT2D eigenvalue weighted by Gasteiger charge is -2.39. The summed E-state index contributed by atoms with van der Waals surface area (Å²) in [6, 6.07) is 19.4. The van der Waals surface area contributed by atoms with Crippen molar-refractivity contribution in [3.05, 3.63) is 76.6 Å². The minimum atomic E-state index is 0.0479. The van der Waals surface area contributed by atoms with Crippen molar-refractivity contribution in [2.75, 3.05) is 26.2 Å². The van der Waals surface area contributed by atoms with Gasteiger partial charge in [0.2, 0.25) is 0 Å². The van der Waals surface area contributed by atoms with E-state index < -0.39 is 0 Å². The summed E-state index contributed by atoms with van der Waals surface area (Å²) in [5, 5.41) is 13.8. The minimum absolute atomic E-state index is 0.0479. The minimum Gasteiger partial charge on any atom is -0.297 e. The summed E-state index contributed by atoms with van der Waals surface area (Å²) in [5.74, 6) is 0.964. The quantitative estimate of drug-likeness (QED) is 0.575. The smallest absolute Gasteiger partial charge is 0.173 e. The Kier molecular flexibility index (Phi) is 6.30. The molecule has 7 heteroatoms. The Morgan fingerprint density at radius 1 is 0.903 bits per heavy atom. The fourth-order valence-corrected chi connectivity index (χ4v) is 5.10. The first-order valence-corrected chi connectivity index (χ1v) is 11.7. The van der Waals surface area contributed by atoms with Crippen LogP contribution in [0.5, 0.6) is 0 Å². The van der Waals surface area contributed by atoms with Gasteiger partial charge < -0.3 is 0 Å². The Morgan fingerprint density at radius 2 is 1.61 bits per heavy atom. The van der Waals surface area contributed by atoms with E-state index in [9.17, 15) is 0 Å². The molecule has 0 spiro atoms. The van der Waals surface area contributed by atoms with Gasteiger partial charge in [0.1, 0.15) is 0 Å². The molecule has 0 radical (unpaired) electrons. The first kappa shape index (κ1) is 20.6. The molecule has 0 bridgehead atoms. The van der Waals surface area contributed by atoms with Crippen LogP contribution in [0.1, 0.15) is 54.7 Å². The monoisotopic (exact) mass is 436 g/mol. The topological polar surface area (TPSA) is 50.1 Å². The second-order valence-corrected chi connectivity index (χ2v) is 9.11. The molecule has 1 saturated heterocycles. The van der Waals surface area contributed by atoms with Crippen molar-refractivity contribution in [3.63, 3.8) is 0 Å². The molecule has 1 aliphatic heterocycles. The third kappa shape index (κ3) is 4.66. The molecule has 162 valence electrons. The fourth-order valence-electron chi connectivity index (χ4n) is 4.98. The maximum atomic E-state index is 6.19. The summed E-state index contributed by atoms with van der Waals surface area (Å²) < 4.78 is 2.10. The number of hydrogen-bond acceptors (Lipinski definition) is 5. The Labute approximate surface area is 188 Å². The van der Waals surface area contributed by atoms with Gasteiger partial charge in [0.05, 0.1) is 12.1 Å². The third-order valence-electron chi connectivity index (χ3n) is 6.64. The number of piperazine rings is 1. The summed E-state index contributed by atoms with van der Waals surface area (Å²) in [6.45, 7) is 5.03. The van der Waals surface area contributed by atoms with E-state index in [4.69, 9.17) is 11.6 Å². The van der Waals surface area contributed by atoms with Crippen LogP contribution < -0.4 is 0 Å². The summed E-state index contributed by atoms with van der Waals surface area (Å²) in [7, 11) is 0. The molecule has 0 amide bonds. The molecule has 5 rings (SSSR count). The van der Waals surface area contributed by atoms with Gasteiger partial charge in [-0.25, -0.2) is 4.68 Å². The molecule has 1 aliphatic carbocycles. The largest absolute Gasteiger partial charge is 0.297 e. The average Bonchev–Trinajstić information content (AvgIpc) is 3.49. The highest BCUT2D eigenvalue weighted by atomic mass is 35.5. The van der Waals surface area contributed by atoms with Crippen LogP contribution in [0.15, 0.2) is 54.6 Å². The molecule has 0 N–H and O–H groups in total. The van der Waals surface area contributed by atoms with Crippen LogP contribution in [0.3, 0.4) is 0 Å². The molecule has 2 aliphatic rings. The van der Waals surface area contributed by atoms with Crippen LogP contribution in [-0.2, 0) is 6.54 Å². The van der Waals surface area contributed by atoms with Crippen molar-refractivity contribution in [1.82, 2.24) is 30.0 Å².